The third-order valence-electron chi connectivity index (χ3n) is 3.09. The number of nitrogens with zero attached hydrogens (tertiary/aromatic N) is 4. The first-order chi connectivity index (χ1) is 10.1. The Hall–Kier alpha value is -2.22. The van der Waals surface area contributed by atoms with E-state index in [1.807, 2.05) is 24.6 Å². The lowest BCUT2D eigenvalue weighted by Crippen LogP contribution is -2.13. The maximum atomic E-state index is 8.76. The van der Waals surface area contributed by atoms with E-state index in [-0.39, 0.29) is 5.84 Å². The molecule has 1 aromatic carbocycles. The molecular weight excluding hydrogens is 290 g/mol. The van der Waals surface area contributed by atoms with E-state index in [0.717, 1.165) is 22.3 Å². The highest BCUT2D eigenvalue weighted by atomic mass is 32.2. The molecule has 112 valence electrons. The summed E-state index contributed by atoms with van der Waals surface area (Å²) in [5, 5.41) is 20.7. The first-order valence-electron chi connectivity index (χ1n) is 6.20. The summed E-state index contributed by atoms with van der Waals surface area (Å²) in [5.41, 5.74) is 7.19. The van der Waals surface area contributed by atoms with Gasteiger partial charge in [-0.05, 0) is 25.1 Å². The van der Waals surface area contributed by atoms with Gasteiger partial charge in [-0.2, -0.15) is 0 Å². The van der Waals surface area contributed by atoms with Gasteiger partial charge in [0.2, 0.25) is 0 Å². The summed E-state index contributed by atoms with van der Waals surface area (Å²) in [5.74, 6) is 2.31. The summed E-state index contributed by atoms with van der Waals surface area (Å²) in [4.78, 5) is 0. The molecule has 1 heterocycles. The van der Waals surface area contributed by atoms with Crippen LogP contribution in [0.3, 0.4) is 0 Å². The van der Waals surface area contributed by atoms with Gasteiger partial charge < -0.3 is 20.2 Å². The molecule has 0 unspecified atom stereocenters. The molecule has 7 nitrogen and oxygen atoms in total. The molecule has 1 aromatic heterocycles. The molecule has 8 heteroatoms. The molecule has 0 saturated carbocycles. The summed E-state index contributed by atoms with van der Waals surface area (Å²) in [7, 11) is 3.53. The molecule has 0 radical (unpaired) electrons. The van der Waals surface area contributed by atoms with E-state index < -0.39 is 0 Å². The zero-order valence-electron chi connectivity index (χ0n) is 12.1. The normalized spacial score (nSPS) is 11.7. The molecule has 0 bridgehead atoms. The molecule has 2 rings (SSSR count). The monoisotopic (exact) mass is 307 g/mol. The third kappa shape index (κ3) is 3.27. The van der Waals surface area contributed by atoms with E-state index in [9.17, 15) is 0 Å². The average molecular weight is 307 g/mol. The summed E-state index contributed by atoms with van der Waals surface area (Å²) >= 11 is 1.54. The number of hydrogen-bond acceptors (Lipinski definition) is 6. The Labute approximate surface area is 126 Å². The highest BCUT2D eigenvalue weighted by Crippen LogP contribution is 2.28. The Balaban J connectivity index is 2.23. The zero-order chi connectivity index (χ0) is 15.4. The number of rotatable bonds is 5. The maximum absolute atomic E-state index is 8.76. The van der Waals surface area contributed by atoms with Crippen LogP contribution in [0.1, 0.15) is 17.0 Å². The van der Waals surface area contributed by atoms with Crippen molar-refractivity contribution in [2.75, 3.05) is 7.11 Å². The van der Waals surface area contributed by atoms with Crippen molar-refractivity contribution in [2.24, 2.45) is 17.9 Å². The Morgan fingerprint density at radius 1 is 1.48 bits per heavy atom. The standard InChI is InChI=1S/C13H17N5O2S/c1-8-15-16-13(18(8)2)21-7-10-6-9(12(14)17-19)4-5-11(10)20-3/h4-6,19H,7H2,1-3H3,(H2,14,17). The van der Waals surface area contributed by atoms with E-state index in [0.29, 0.717) is 11.3 Å². The van der Waals surface area contributed by atoms with Gasteiger partial charge in [-0.1, -0.05) is 16.9 Å². The van der Waals surface area contributed by atoms with E-state index in [1.54, 1.807) is 31.0 Å². The van der Waals surface area contributed by atoms with Crippen LogP contribution in [0.5, 0.6) is 5.75 Å². The van der Waals surface area contributed by atoms with Crippen LogP contribution in [0.25, 0.3) is 0 Å². The lowest BCUT2D eigenvalue weighted by molar-refractivity contribution is 0.318. The van der Waals surface area contributed by atoms with Gasteiger partial charge in [0.15, 0.2) is 11.0 Å². The number of aryl methyl sites for hydroxylation is 1. The third-order valence-corrected chi connectivity index (χ3v) is 4.16. The van der Waals surface area contributed by atoms with Crippen molar-refractivity contribution >= 4 is 17.6 Å². The van der Waals surface area contributed by atoms with Crippen LogP contribution in [0.4, 0.5) is 0 Å². The lowest BCUT2D eigenvalue weighted by Gasteiger charge is -2.10. The molecule has 0 amide bonds. The number of amidine groups is 1. The largest absolute Gasteiger partial charge is 0.496 e. The van der Waals surface area contributed by atoms with Crippen molar-refractivity contribution in [1.82, 2.24) is 14.8 Å². The smallest absolute Gasteiger partial charge is 0.191 e. The summed E-state index contributed by atoms with van der Waals surface area (Å²) in [6.45, 7) is 1.90. The summed E-state index contributed by atoms with van der Waals surface area (Å²) in [6, 6.07) is 5.38. The van der Waals surface area contributed by atoms with Gasteiger partial charge >= 0.3 is 0 Å². The Morgan fingerprint density at radius 2 is 2.24 bits per heavy atom. The highest BCUT2D eigenvalue weighted by Gasteiger charge is 2.11. The molecular formula is C13H17N5O2S. The number of methoxy groups -OCH3 is 1. The summed E-state index contributed by atoms with van der Waals surface area (Å²) < 4.78 is 7.26. The predicted molar refractivity (Wildman–Crippen MR) is 80.8 cm³/mol. The predicted octanol–water partition coefficient (Wildman–Crippen LogP) is 1.52. The Bertz CT molecular complexity index is 669. The van der Waals surface area contributed by atoms with Crippen molar-refractivity contribution in [1.29, 1.82) is 0 Å². The molecule has 0 aliphatic carbocycles. The quantitative estimate of drug-likeness (QED) is 0.286. The van der Waals surface area contributed by atoms with Gasteiger partial charge in [-0.25, -0.2) is 0 Å². The molecule has 0 aliphatic rings. The second-order valence-electron chi connectivity index (χ2n) is 4.39. The number of nitrogens with two attached hydrogens (primary N) is 1. The average Bonchev–Trinajstić information content (AvgIpc) is 2.83. The molecule has 21 heavy (non-hydrogen) atoms. The first kappa shape index (κ1) is 15.2. The highest BCUT2D eigenvalue weighted by molar-refractivity contribution is 7.98. The van der Waals surface area contributed by atoms with Crippen molar-refractivity contribution in [3.63, 3.8) is 0 Å². The first-order valence-corrected chi connectivity index (χ1v) is 7.19. The Kier molecular flexibility index (Phi) is 4.69. The topological polar surface area (TPSA) is 98.6 Å². The fourth-order valence-electron chi connectivity index (χ4n) is 1.76. The molecule has 0 spiro atoms. The maximum Gasteiger partial charge on any atom is 0.191 e. The van der Waals surface area contributed by atoms with E-state index in [4.69, 9.17) is 15.7 Å². The van der Waals surface area contributed by atoms with E-state index >= 15 is 0 Å². The summed E-state index contributed by atoms with van der Waals surface area (Å²) in [6.07, 6.45) is 0. The van der Waals surface area contributed by atoms with Gasteiger partial charge in [0.1, 0.15) is 11.6 Å². The number of oxime groups is 1. The fourth-order valence-corrected chi connectivity index (χ4v) is 2.70. The minimum absolute atomic E-state index is 0.0680. The van der Waals surface area contributed by atoms with Crippen molar-refractivity contribution < 1.29 is 9.94 Å². The minimum Gasteiger partial charge on any atom is -0.496 e. The number of thioether (sulfide) groups is 1. The van der Waals surface area contributed by atoms with Crippen LogP contribution < -0.4 is 10.5 Å². The van der Waals surface area contributed by atoms with E-state index in [2.05, 4.69) is 15.4 Å². The number of ether oxygens (including phenoxy) is 1. The molecule has 3 N–H and O–H groups in total. The van der Waals surface area contributed by atoms with Crippen LogP contribution in [-0.2, 0) is 12.8 Å². The zero-order valence-corrected chi connectivity index (χ0v) is 12.9. The van der Waals surface area contributed by atoms with Crippen LogP contribution in [0.2, 0.25) is 0 Å². The molecule has 0 fully saturated rings. The van der Waals surface area contributed by atoms with Gasteiger partial charge in [-0.3, -0.25) is 0 Å². The van der Waals surface area contributed by atoms with Crippen molar-refractivity contribution in [2.45, 2.75) is 17.8 Å². The van der Waals surface area contributed by atoms with Gasteiger partial charge in [0.25, 0.3) is 0 Å². The van der Waals surface area contributed by atoms with Gasteiger partial charge in [-0.15, -0.1) is 10.2 Å². The number of aromatic nitrogens is 3. The molecule has 0 saturated heterocycles. The van der Waals surface area contributed by atoms with E-state index in [1.165, 1.54) is 0 Å². The van der Waals surface area contributed by atoms with Crippen molar-refractivity contribution in [3.8, 4) is 5.75 Å². The van der Waals surface area contributed by atoms with Gasteiger partial charge in [0, 0.05) is 23.9 Å². The van der Waals surface area contributed by atoms with Crippen LogP contribution in [-0.4, -0.2) is 32.9 Å². The number of benzene rings is 1. The second-order valence-corrected chi connectivity index (χ2v) is 5.33. The second kappa shape index (κ2) is 6.49. The number of hydrogen-bond donors (Lipinski definition) is 2. The minimum atomic E-state index is 0.0680. The van der Waals surface area contributed by atoms with Gasteiger partial charge in [0.05, 0.1) is 7.11 Å². The SMILES string of the molecule is COc1ccc(/C(N)=N/O)cc1CSc1nnc(C)n1C. The van der Waals surface area contributed by atoms with Crippen LogP contribution >= 0.6 is 11.8 Å². The molecule has 0 aliphatic heterocycles. The Morgan fingerprint density at radius 3 is 2.81 bits per heavy atom. The molecule has 2 aromatic rings. The van der Waals surface area contributed by atoms with Crippen molar-refractivity contribution in [3.05, 3.63) is 35.2 Å². The van der Waals surface area contributed by atoms with Crippen LogP contribution in [0.15, 0.2) is 28.5 Å². The molecule has 0 atom stereocenters. The lowest BCUT2D eigenvalue weighted by atomic mass is 10.1. The fraction of sp³-hybridized carbons (Fsp3) is 0.308. The van der Waals surface area contributed by atoms with Crippen LogP contribution in [0, 0.1) is 6.92 Å².